The molecule has 1 atom stereocenters. The van der Waals surface area contributed by atoms with Gasteiger partial charge in [-0.05, 0) is 30.4 Å². The highest BCUT2D eigenvalue weighted by atomic mass is 16.4. The van der Waals surface area contributed by atoms with Crippen molar-refractivity contribution in [3.05, 3.63) is 23.2 Å². The summed E-state index contributed by atoms with van der Waals surface area (Å²) in [5.74, 6) is -0.329. The maximum absolute atomic E-state index is 12.1. The van der Waals surface area contributed by atoms with Crippen molar-refractivity contribution in [1.82, 2.24) is 5.32 Å². The summed E-state index contributed by atoms with van der Waals surface area (Å²) >= 11 is 0. The Morgan fingerprint density at radius 2 is 1.95 bits per heavy atom. The molecule has 0 aliphatic rings. The molecular weight excluding hydrogens is 258 g/mol. The highest BCUT2D eigenvalue weighted by molar-refractivity contribution is 5.94. The SMILES string of the molecule is CCc1cc(C(=O)NC(CC(C)C)C(=O)O)oc1CC. The Morgan fingerprint density at radius 3 is 2.35 bits per heavy atom. The molecule has 5 heteroatoms. The second kappa shape index (κ2) is 7.12. The topological polar surface area (TPSA) is 79.5 Å². The van der Waals surface area contributed by atoms with Crippen LogP contribution in [0.4, 0.5) is 0 Å². The van der Waals surface area contributed by atoms with Crippen molar-refractivity contribution in [3.8, 4) is 0 Å². The number of nitrogens with one attached hydrogen (secondary N) is 1. The standard InChI is InChI=1S/C15H23NO4/c1-5-10-8-13(20-12(10)6-2)14(17)16-11(15(18)19)7-9(3)4/h8-9,11H,5-7H2,1-4H3,(H,16,17)(H,18,19). The average Bonchev–Trinajstić information content (AvgIpc) is 2.80. The molecule has 0 bridgehead atoms. The molecule has 1 heterocycles. The monoisotopic (exact) mass is 281 g/mol. The molecule has 0 saturated carbocycles. The molecule has 1 aromatic heterocycles. The first-order valence-corrected chi connectivity index (χ1v) is 7.04. The van der Waals surface area contributed by atoms with Crippen LogP contribution in [0.15, 0.2) is 10.5 Å². The molecule has 112 valence electrons. The fourth-order valence-electron chi connectivity index (χ4n) is 2.10. The van der Waals surface area contributed by atoms with Crippen LogP contribution < -0.4 is 5.32 Å². The summed E-state index contributed by atoms with van der Waals surface area (Å²) in [7, 11) is 0. The van der Waals surface area contributed by atoms with Crippen molar-refractivity contribution in [3.63, 3.8) is 0 Å². The Morgan fingerprint density at radius 1 is 1.30 bits per heavy atom. The van der Waals surface area contributed by atoms with E-state index in [1.54, 1.807) is 6.07 Å². The van der Waals surface area contributed by atoms with Gasteiger partial charge in [0, 0.05) is 6.42 Å². The quantitative estimate of drug-likeness (QED) is 0.805. The Labute approximate surface area is 119 Å². The number of carbonyl (C=O) groups excluding carboxylic acids is 1. The van der Waals surface area contributed by atoms with Crippen molar-refractivity contribution in [2.75, 3.05) is 0 Å². The van der Waals surface area contributed by atoms with Gasteiger partial charge in [0.05, 0.1) is 0 Å². The number of hydrogen-bond donors (Lipinski definition) is 2. The van der Waals surface area contributed by atoms with E-state index in [0.29, 0.717) is 12.8 Å². The van der Waals surface area contributed by atoms with Gasteiger partial charge in [-0.15, -0.1) is 0 Å². The zero-order chi connectivity index (χ0) is 15.3. The fourth-order valence-corrected chi connectivity index (χ4v) is 2.10. The highest BCUT2D eigenvalue weighted by Gasteiger charge is 2.24. The highest BCUT2D eigenvalue weighted by Crippen LogP contribution is 2.17. The van der Waals surface area contributed by atoms with Gasteiger partial charge in [0.1, 0.15) is 11.8 Å². The van der Waals surface area contributed by atoms with Gasteiger partial charge < -0.3 is 14.8 Å². The summed E-state index contributed by atoms with van der Waals surface area (Å²) in [6.07, 6.45) is 1.89. The molecule has 0 spiro atoms. The first-order chi connectivity index (χ1) is 9.38. The molecule has 1 rings (SSSR count). The van der Waals surface area contributed by atoms with E-state index < -0.39 is 17.9 Å². The summed E-state index contributed by atoms with van der Waals surface area (Å²) < 4.78 is 5.50. The predicted octanol–water partition coefficient (Wildman–Crippen LogP) is 2.63. The molecule has 0 aliphatic carbocycles. The molecule has 1 amide bonds. The lowest BCUT2D eigenvalue weighted by Crippen LogP contribution is -2.41. The molecule has 1 aromatic rings. The van der Waals surface area contributed by atoms with E-state index in [1.165, 1.54) is 0 Å². The van der Waals surface area contributed by atoms with Gasteiger partial charge in [-0.1, -0.05) is 27.7 Å². The van der Waals surface area contributed by atoms with E-state index in [9.17, 15) is 9.59 Å². The van der Waals surface area contributed by atoms with Crippen LogP contribution in [0.3, 0.4) is 0 Å². The smallest absolute Gasteiger partial charge is 0.326 e. The number of amides is 1. The third-order valence-electron chi connectivity index (χ3n) is 3.13. The van der Waals surface area contributed by atoms with Crippen LogP contribution in [-0.4, -0.2) is 23.0 Å². The summed E-state index contributed by atoms with van der Waals surface area (Å²) in [5.41, 5.74) is 0.994. The van der Waals surface area contributed by atoms with Gasteiger partial charge in [-0.2, -0.15) is 0 Å². The van der Waals surface area contributed by atoms with Crippen molar-refractivity contribution in [1.29, 1.82) is 0 Å². The minimum Gasteiger partial charge on any atom is -0.480 e. The average molecular weight is 281 g/mol. The van der Waals surface area contributed by atoms with Crippen molar-refractivity contribution >= 4 is 11.9 Å². The lowest BCUT2D eigenvalue weighted by Gasteiger charge is -2.15. The van der Waals surface area contributed by atoms with Crippen LogP contribution in [0.25, 0.3) is 0 Å². The molecule has 0 fully saturated rings. The number of furan rings is 1. The maximum Gasteiger partial charge on any atom is 0.326 e. The number of hydrogen-bond acceptors (Lipinski definition) is 3. The van der Waals surface area contributed by atoms with Crippen LogP contribution in [0, 0.1) is 5.92 Å². The normalized spacial score (nSPS) is 12.4. The number of carboxylic acids is 1. The predicted molar refractivity (Wildman–Crippen MR) is 75.8 cm³/mol. The summed E-state index contributed by atoms with van der Waals surface area (Å²) in [6, 6.07) is 0.811. The van der Waals surface area contributed by atoms with Crippen molar-refractivity contribution in [2.24, 2.45) is 5.92 Å². The van der Waals surface area contributed by atoms with E-state index in [2.05, 4.69) is 5.32 Å². The molecule has 0 aromatic carbocycles. The number of aliphatic carboxylic acids is 1. The maximum atomic E-state index is 12.1. The van der Waals surface area contributed by atoms with Crippen LogP contribution in [0.5, 0.6) is 0 Å². The third-order valence-corrected chi connectivity index (χ3v) is 3.13. The largest absolute Gasteiger partial charge is 0.480 e. The van der Waals surface area contributed by atoms with Crippen LogP contribution in [0.1, 0.15) is 56.0 Å². The Hall–Kier alpha value is -1.78. The van der Waals surface area contributed by atoms with Crippen molar-refractivity contribution < 1.29 is 19.1 Å². The van der Waals surface area contributed by atoms with Crippen molar-refractivity contribution in [2.45, 2.75) is 53.0 Å². The number of rotatable bonds is 7. The van der Waals surface area contributed by atoms with Crippen LogP contribution >= 0.6 is 0 Å². The zero-order valence-electron chi connectivity index (χ0n) is 12.5. The van der Waals surface area contributed by atoms with Gasteiger partial charge >= 0.3 is 5.97 Å². The Bertz CT molecular complexity index is 455. The molecule has 0 aliphatic heterocycles. The van der Waals surface area contributed by atoms with Gasteiger partial charge in [0.2, 0.25) is 0 Å². The van der Waals surface area contributed by atoms with Gasteiger partial charge in [0.25, 0.3) is 5.91 Å². The minimum atomic E-state index is -1.02. The Kier molecular flexibility index (Phi) is 5.80. The Balaban J connectivity index is 2.83. The minimum absolute atomic E-state index is 0.186. The zero-order valence-corrected chi connectivity index (χ0v) is 12.5. The lowest BCUT2D eigenvalue weighted by atomic mass is 10.0. The van der Waals surface area contributed by atoms with E-state index in [-0.39, 0.29) is 11.7 Å². The van der Waals surface area contributed by atoms with Gasteiger partial charge in [0.15, 0.2) is 5.76 Å². The molecule has 0 saturated heterocycles. The molecular formula is C15H23NO4. The first-order valence-electron chi connectivity index (χ1n) is 7.04. The van der Waals surface area contributed by atoms with Gasteiger partial charge in [-0.3, -0.25) is 4.79 Å². The second-order valence-electron chi connectivity index (χ2n) is 5.26. The third kappa shape index (κ3) is 4.11. The molecule has 5 nitrogen and oxygen atoms in total. The van der Waals surface area contributed by atoms with E-state index in [1.807, 2.05) is 27.7 Å². The van der Waals surface area contributed by atoms with E-state index in [0.717, 1.165) is 17.7 Å². The first kappa shape index (κ1) is 16.3. The molecule has 0 radical (unpaired) electrons. The lowest BCUT2D eigenvalue weighted by molar-refractivity contribution is -0.139. The molecule has 1 unspecified atom stereocenters. The van der Waals surface area contributed by atoms with Gasteiger partial charge in [-0.25, -0.2) is 4.79 Å². The number of carbonyl (C=O) groups is 2. The van der Waals surface area contributed by atoms with E-state index in [4.69, 9.17) is 9.52 Å². The van der Waals surface area contributed by atoms with Crippen LogP contribution in [-0.2, 0) is 17.6 Å². The van der Waals surface area contributed by atoms with E-state index >= 15 is 0 Å². The van der Waals surface area contributed by atoms with Crippen LogP contribution in [0.2, 0.25) is 0 Å². The number of aryl methyl sites for hydroxylation is 2. The molecule has 2 N–H and O–H groups in total. The number of carboxylic acid groups (broad SMARTS) is 1. The molecule has 20 heavy (non-hydrogen) atoms. The second-order valence-corrected chi connectivity index (χ2v) is 5.26. The summed E-state index contributed by atoms with van der Waals surface area (Å²) in [5, 5.41) is 11.6. The fraction of sp³-hybridized carbons (Fsp3) is 0.600. The summed E-state index contributed by atoms with van der Waals surface area (Å²) in [4.78, 5) is 23.2. The summed E-state index contributed by atoms with van der Waals surface area (Å²) in [6.45, 7) is 7.78.